The zero-order valence-electron chi connectivity index (χ0n) is 18.0. The van der Waals surface area contributed by atoms with Crippen molar-refractivity contribution in [3.05, 3.63) is 90.0 Å². The average Bonchev–Trinajstić information content (AvgIpc) is 2.80. The number of hydrogen-bond donors (Lipinski definition) is 1. The van der Waals surface area contributed by atoms with E-state index < -0.39 is 5.66 Å². The van der Waals surface area contributed by atoms with E-state index in [4.69, 9.17) is 9.47 Å². The molecule has 0 aromatic heterocycles. The molecule has 0 saturated heterocycles. The van der Waals surface area contributed by atoms with Crippen LogP contribution in [-0.4, -0.2) is 30.6 Å². The summed E-state index contributed by atoms with van der Waals surface area (Å²) < 4.78 is 11.9. The molecule has 1 aliphatic rings. The number of carbonyl (C=O) groups is 1. The summed E-state index contributed by atoms with van der Waals surface area (Å²) in [6.45, 7) is 5.60. The number of hydrogen-bond acceptors (Lipinski definition) is 4. The van der Waals surface area contributed by atoms with Crippen molar-refractivity contribution >= 4 is 11.6 Å². The second kappa shape index (κ2) is 9.13. The molecular weight excluding hydrogens is 388 g/mol. The van der Waals surface area contributed by atoms with E-state index in [0.29, 0.717) is 25.3 Å². The largest absolute Gasteiger partial charge is 0.490 e. The van der Waals surface area contributed by atoms with E-state index in [2.05, 4.69) is 12.2 Å². The summed E-state index contributed by atoms with van der Waals surface area (Å²) in [5.74, 6) is 1.58. The second-order valence-corrected chi connectivity index (χ2v) is 7.71. The number of benzene rings is 3. The van der Waals surface area contributed by atoms with Crippen LogP contribution >= 0.6 is 0 Å². The van der Waals surface area contributed by atoms with Gasteiger partial charge in [0, 0.05) is 17.8 Å². The Morgan fingerprint density at radius 3 is 2.35 bits per heavy atom. The van der Waals surface area contributed by atoms with Crippen LogP contribution in [0.2, 0.25) is 0 Å². The van der Waals surface area contributed by atoms with Crippen molar-refractivity contribution in [2.24, 2.45) is 0 Å². The first-order valence-corrected chi connectivity index (χ1v) is 10.7. The topological polar surface area (TPSA) is 50.8 Å². The van der Waals surface area contributed by atoms with Gasteiger partial charge in [0.25, 0.3) is 5.91 Å². The van der Waals surface area contributed by atoms with E-state index in [1.165, 1.54) is 0 Å². The molecule has 31 heavy (non-hydrogen) atoms. The van der Waals surface area contributed by atoms with E-state index >= 15 is 0 Å². The highest BCUT2D eigenvalue weighted by molar-refractivity contribution is 6.02. The summed E-state index contributed by atoms with van der Waals surface area (Å²) in [6, 6.07) is 25.2. The first-order chi connectivity index (χ1) is 15.1. The van der Waals surface area contributed by atoms with Crippen molar-refractivity contribution in [2.75, 3.05) is 25.1 Å². The third kappa shape index (κ3) is 4.22. The normalized spacial score (nSPS) is 17.6. The number of fused-ring (bicyclic) bond motifs is 1. The summed E-state index contributed by atoms with van der Waals surface area (Å²) in [5, 5.41) is 3.61. The quantitative estimate of drug-likeness (QED) is 0.507. The van der Waals surface area contributed by atoms with Gasteiger partial charge in [-0.3, -0.25) is 4.79 Å². The van der Waals surface area contributed by atoms with Gasteiger partial charge < -0.3 is 19.7 Å². The second-order valence-electron chi connectivity index (χ2n) is 7.71. The number of ether oxygens (including phenoxy) is 2. The molecule has 3 aromatic carbocycles. The molecule has 1 N–H and O–H groups in total. The van der Waals surface area contributed by atoms with Crippen LogP contribution in [0.15, 0.2) is 78.9 Å². The molecule has 0 radical (unpaired) electrons. The Morgan fingerprint density at radius 2 is 1.55 bits per heavy atom. The van der Waals surface area contributed by atoms with Gasteiger partial charge in [-0.1, -0.05) is 55.5 Å². The summed E-state index contributed by atoms with van der Waals surface area (Å²) in [6.07, 6.45) is 0.860. The highest BCUT2D eigenvalue weighted by Crippen LogP contribution is 2.41. The zero-order chi connectivity index (χ0) is 21.7. The highest BCUT2D eigenvalue weighted by Gasteiger charge is 2.43. The van der Waals surface area contributed by atoms with Gasteiger partial charge in [0.05, 0.1) is 5.56 Å². The third-order valence-electron chi connectivity index (χ3n) is 5.53. The molecule has 160 valence electrons. The van der Waals surface area contributed by atoms with Crippen LogP contribution in [-0.2, 0) is 5.66 Å². The van der Waals surface area contributed by atoms with Crippen molar-refractivity contribution in [3.63, 3.8) is 0 Å². The maximum atomic E-state index is 13.3. The minimum Gasteiger partial charge on any atom is -0.490 e. The average molecular weight is 417 g/mol. The van der Waals surface area contributed by atoms with Gasteiger partial charge in [0.1, 0.15) is 30.4 Å². The van der Waals surface area contributed by atoms with Crippen LogP contribution in [0, 0.1) is 0 Å². The Labute approximate surface area is 183 Å². The molecule has 1 unspecified atom stereocenters. The predicted octanol–water partition coefficient (Wildman–Crippen LogP) is 5.30. The Morgan fingerprint density at radius 1 is 0.871 bits per heavy atom. The van der Waals surface area contributed by atoms with Gasteiger partial charge in [0.2, 0.25) is 0 Å². The molecule has 1 atom stereocenters. The van der Waals surface area contributed by atoms with E-state index in [-0.39, 0.29) is 5.91 Å². The van der Waals surface area contributed by atoms with Crippen LogP contribution in [0.1, 0.15) is 36.2 Å². The molecule has 0 bridgehead atoms. The molecule has 1 aliphatic heterocycles. The maximum absolute atomic E-state index is 13.3. The monoisotopic (exact) mass is 416 g/mol. The predicted molar refractivity (Wildman–Crippen MR) is 123 cm³/mol. The van der Waals surface area contributed by atoms with Crippen molar-refractivity contribution in [1.82, 2.24) is 4.90 Å². The molecular formula is C26H28N2O3. The highest BCUT2D eigenvalue weighted by atomic mass is 16.5. The molecule has 0 saturated carbocycles. The maximum Gasteiger partial charge on any atom is 0.258 e. The Hall–Kier alpha value is -3.47. The smallest absolute Gasteiger partial charge is 0.258 e. The number of nitrogens with zero attached hydrogens (tertiary/aromatic N) is 1. The fraction of sp³-hybridized carbons (Fsp3) is 0.269. The van der Waals surface area contributed by atoms with Gasteiger partial charge >= 0.3 is 0 Å². The molecule has 5 nitrogen and oxygen atoms in total. The summed E-state index contributed by atoms with van der Waals surface area (Å²) in [4.78, 5) is 15.3. The van der Waals surface area contributed by atoms with Crippen LogP contribution in [0.25, 0.3) is 0 Å². The summed E-state index contributed by atoms with van der Waals surface area (Å²) in [7, 11) is 0. The third-order valence-corrected chi connectivity index (χ3v) is 5.53. The number of anilines is 1. The number of para-hydroxylation sites is 3. The van der Waals surface area contributed by atoms with Crippen molar-refractivity contribution in [3.8, 4) is 11.5 Å². The fourth-order valence-corrected chi connectivity index (χ4v) is 4.04. The van der Waals surface area contributed by atoms with Crippen molar-refractivity contribution in [1.29, 1.82) is 0 Å². The first kappa shape index (κ1) is 20.8. The van der Waals surface area contributed by atoms with Gasteiger partial charge in [0.15, 0.2) is 0 Å². The lowest BCUT2D eigenvalue weighted by Crippen LogP contribution is -2.56. The van der Waals surface area contributed by atoms with E-state index in [1.807, 2.05) is 90.7 Å². The van der Waals surface area contributed by atoms with Crippen molar-refractivity contribution < 1.29 is 14.3 Å². The molecule has 0 spiro atoms. The first-order valence-electron chi connectivity index (χ1n) is 10.7. The molecule has 4 rings (SSSR count). The standard InChI is InChI=1S/C26H28N2O3/c1-3-17-28-25(29)21-13-7-9-15-23(21)27-26(28,2)22-14-8-10-16-24(22)31-19-18-30-20-11-5-4-6-12-20/h4-16,27H,3,17-19H2,1-2H3. The Bertz CT molecular complexity index is 1040. The lowest BCUT2D eigenvalue weighted by atomic mass is 9.92. The van der Waals surface area contributed by atoms with Crippen LogP contribution < -0.4 is 14.8 Å². The van der Waals surface area contributed by atoms with E-state index in [1.54, 1.807) is 0 Å². The molecule has 1 amide bonds. The number of amides is 1. The van der Waals surface area contributed by atoms with Gasteiger partial charge in [-0.05, 0) is 43.7 Å². The zero-order valence-corrected chi connectivity index (χ0v) is 18.0. The molecule has 3 aromatic rings. The van der Waals surface area contributed by atoms with Crippen LogP contribution in [0.3, 0.4) is 0 Å². The lowest BCUT2D eigenvalue weighted by Gasteiger charge is -2.47. The SMILES string of the molecule is CCCN1C(=O)c2ccccc2NC1(C)c1ccccc1OCCOc1ccccc1. The Kier molecular flexibility index (Phi) is 6.12. The lowest BCUT2D eigenvalue weighted by molar-refractivity contribution is 0.0528. The molecule has 5 heteroatoms. The van der Waals surface area contributed by atoms with Gasteiger partial charge in [-0.25, -0.2) is 0 Å². The van der Waals surface area contributed by atoms with Crippen molar-refractivity contribution in [2.45, 2.75) is 25.9 Å². The summed E-state index contributed by atoms with van der Waals surface area (Å²) >= 11 is 0. The van der Waals surface area contributed by atoms with Gasteiger partial charge in [-0.2, -0.15) is 0 Å². The van der Waals surface area contributed by atoms with E-state index in [9.17, 15) is 4.79 Å². The van der Waals surface area contributed by atoms with E-state index in [0.717, 1.165) is 29.2 Å². The van der Waals surface area contributed by atoms with Crippen LogP contribution in [0.5, 0.6) is 11.5 Å². The number of rotatable bonds is 8. The molecule has 1 heterocycles. The molecule has 0 fully saturated rings. The minimum absolute atomic E-state index is 0.0286. The fourth-order valence-electron chi connectivity index (χ4n) is 4.04. The minimum atomic E-state index is -0.724. The summed E-state index contributed by atoms with van der Waals surface area (Å²) in [5.41, 5.74) is 1.73. The number of carbonyl (C=O) groups excluding carboxylic acids is 1. The Balaban J connectivity index is 1.58. The number of nitrogens with one attached hydrogen (secondary N) is 1. The molecule has 0 aliphatic carbocycles. The van der Waals surface area contributed by atoms with Gasteiger partial charge in [-0.15, -0.1) is 0 Å². The van der Waals surface area contributed by atoms with Crippen LogP contribution in [0.4, 0.5) is 5.69 Å².